The number of H-pyrrole nitrogens is 1. The number of aromatic amines is 1. The lowest BCUT2D eigenvalue weighted by Gasteiger charge is -2.10. The molecule has 7 nitrogen and oxygen atoms in total. The Balaban J connectivity index is 1.64. The van der Waals surface area contributed by atoms with E-state index in [0.717, 1.165) is 29.4 Å². The van der Waals surface area contributed by atoms with E-state index >= 15 is 0 Å². The quantitative estimate of drug-likeness (QED) is 0.564. The minimum absolute atomic E-state index is 0.0260. The number of fused-ring (bicyclic) bond motifs is 1. The van der Waals surface area contributed by atoms with Crippen molar-refractivity contribution < 1.29 is 17.6 Å². The van der Waals surface area contributed by atoms with Crippen molar-refractivity contribution in [3.63, 3.8) is 0 Å². The summed E-state index contributed by atoms with van der Waals surface area (Å²) in [4.78, 5) is 19.6. The Morgan fingerprint density at radius 3 is 2.64 bits per heavy atom. The van der Waals surface area contributed by atoms with Gasteiger partial charge in [0.1, 0.15) is 18.1 Å². The Labute approximate surface area is 161 Å². The molecule has 9 heteroatoms. The largest absolute Gasteiger partial charge is 0.346 e. The van der Waals surface area contributed by atoms with E-state index in [-0.39, 0.29) is 11.8 Å². The number of nitrogens with one attached hydrogen (secondary N) is 3. The maximum atomic E-state index is 12.3. The van der Waals surface area contributed by atoms with Crippen LogP contribution in [0.4, 0.5) is 15.9 Å². The van der Waals surface area contributed by atoms with E-state index in [1.165, 1.54) is 0 Å². The van der Waals surface area contributed by atoms with E-state index in [2.05, 4.69) is 20.0 Å². The zero-order valence-corrected chi connectivity index (χ0v) is 15.7. The normalized spacial score (nSPS) is 14.2. The lowest BCUT2D eigenvalue weighted by Crippen LogP contribution is -2.17. The summed E-state index contributed by atoms with van der Waals surface area (Å²) in [6.07, 6.45) is 3.58. The van der Waals surface area contributed by atoms with Crippen molar-refractivity contribution in [3.8, 4) is 11.1 Å². The van der Waals surface area contributed by atoms with Crippen molar-refractivity contribution in [1.82, 2.24) is 9.97 Å². The van der Waals surface area contributed by atoms with Gasteiger partial charge in [0.25, 0.3) is 0 Å². The second-order valence-corrected chi connectivity index (χ2v) is 8.59. The van der Waals surface area contributed by atoms with E-state index < -0.39 is 22.5 Å². The van der Waals surface area contributed by atoms with Gasteiger partial charge >= 0.3 is 0 Å². The SMILES string of the molecule is O=C(Nc1cc(-c2ccc(NS(=O)(=O)CCF)cc2)c2cc[nH]c2n1)C1CC1. The molecular formula is C19H19FN4O3S. The molecule has 1 aromatic carbocycles. The average Bonchev–Trinajstić information content (AvgIpc) is 3.40. The van der Waals surface area contributed by atoms with Crippen LogP contribution in [0.3, 0.4) is 0 Å². The number of carbonyl (C=O) groups is 1. The molecule has 1 saturated carbocycles. The Morgan fingerprint density at radius 1 is 1.21 bits per heavy atom. The number of alkyl halides is 1. The lowest BCUT2D eigenvalue weighted by atomic mass is 10.0. The summed E-state index contributed by atoms with van der Waals surface area (Å²) in [6.45, 7) is -0.939. The molecule has 4 rings (SSSR count). The highest BCUT2D eigenvalue weighted by atomic mass is 32.2. The number of halogens is 1. The Kier molecular flexibility index (Phi) is 4.76. The third-order valence-electron chi connectivity index (χ3n) is 4.54. The van der Waals surface area contributed by atoms with E-state index in [9.17, 15) is 17.6 Å². The summed E-state index contributed by atoms with van der Waals surface area (Å²) in [7, 11) is -3.70. The molecule has 0 atom stereocenters. The highest BCUT2D eigenvalue weighted by Gasteiger charge is 2.30. The van der Waals surface area contributed by atoms with Crippen LogP contribution in [0.25, 0.3) is 22.2 Å². The van der Waals surface area contributed by atoms with Gasteiger partial charge in [0.05, 0.1) is 5.75 Å². The molecule has 1 aliphatic rings. The number of anilines is 2. The van der Waals surface area contributed by atoms with Gasteiger partial charge in [-0.05, 0) is 48.2 Å². The van der Waals surface area contributed by atoms with Gasteiger partial charge in [-0.3, -0.25) is 9.52 Å². The van der Waals surface area contributed by atoms with E-state index in [0.29, 0.717) is 17.2 Å². The summed E-state index contributed by atoms with van der Waals surface area (Å²) in [5.74, 6) is -0.0644. The van der Waals surface area contributed by atoms with Gasteiger partial charge in [-0.25, -0.2) is 17.8 Å². The molecule has 2 aromatic heterocycles. The number of aromatic nitrogens is 2. The van der Waals surface area contributed by atoms with Gasteiger partial charge in [-0.2, -0.15) is 0 Å². The van der Waals surface area contributed by atoms with Gasteiger partial charge in [0.15, 0.2) is 0 Å². The Bertz CT molecular complexity index is 1120. The van der Waals surface area contributed by atoms with Crippen molar-refractivity contribution in [2.45, 2.75) is 12.8 Å². The second-order valence-electron chi connectivity index (χ2n) is 6.75. The van der Waals surface area contributed by atoms with Gasteiger partial charge < -0.3 is 10.3 Å². The predicted molar refractivity (Wildman–Crippen MR) is 106 cm³/mol. The zero-order chi connectivity index (χ0) is 19.7. The molecule has 0 saturated heterocycles. The third kappa shape index (κ3) is 3.99. The van der Waals surface area contributed by atoms with Crippen LogP contribution in [0.5, 0.6) is 0 Å². The second kappa shape index (κ2) is 7.23. The van der Waals surface area contributed by atoms with Gasteiger partial charge in [-0.1, -0.05) is 12.1 Å². The summed E-state index contributed by atoms with van der Waals surface area (Å²) >= 11 is 0. The Hall–Kier alpha value is -2.94. The number of nitrogens with zero attached hydrogens (tertiary/aromatic N) is 1. The number of rotatable bonds is 7. The average molecular weight is 402 g/mol. The first-order valence-corrected chi connectivity index (χ1v) is 10.6. The first-order valence-electron chi connectivity index (χ1n) is 8.91. The fraction of sp³-hybridized carbons (Fsp3) is 0.263. The number of amides is 1. The fourth-order valence-corrected chi connectivity index (χ4v) is 3.76. The number of pyridine rings is 1. The number of hydrogen-bond donors (Lipinski definition) is 3. The molecule has 3 aromatic rings. The van der Waals surface area contributed by atoms with Crippen LogP contribution in [-0.2, 0) is 14.8 Å². The van der Waals surface area contributed by atoms with Crippen LogP contribution in [0.15, 0.2) is 42.6 Å². The van der Waals surface area contributed by atoms with Crippen LogP contribution in [0.1, 0.15) is 12.8 Å². The van der Waals surface area contributed by atoms with Gasteiger partial charge in [0, 0.05) is 23.2 Å². The molecular weight excluding hydrogens is 383 g/mol. The van der Waals surface area contributed by atoms with Crippen molar-refractivity contribution in [2.24, 2.45) is 5.92 Å². The topological polar surface area (TPSA) is 104 Å². The first-order chi connectivity index (χ1) is 13.4. The van der Waals surface area contributed by atoms with Crippen molar-refractivity contribution >= 4 is 38.5 Å². The summed E-state index contributed by atoms with van der Waals surface area (Å²) < 4.78 is 38.1. The Morgan fingerprint density at radius 2 is 1.96 bits per heavy atom. The minimum Gasteiger partial charge on any atom is -0.346 e. The number of hydrogen-bond acceptors (Lipinski definition) is 4. The van der Waals surface area contributed by atoms with E-state index in [1.54, 1.807) is 36.5 Å². The highest BCUT2D eigenvalue weighted by Crippen LogP contribution is 2.33. The molecule has 0 spiro atoms. The lowest BCUT2D eigenvalue weighted by molar-refractivity contribution is -0.117. The molecule has 1 amide bonds. The molecule has 0 unspecified atom stereocenters. The number of carbonyl (C=O) groups excluding carboxylic acids is 1. The maximum Gasteiger partial charge on any atom is 0.235 e. The van der Waals surface area contributed by atoms with E-state index in [4.69, 9.17) is 0 Å². The summed E-state index contributed by atoms with van der Waals surface area (Å²) in [6, 6.07) is 10.5. The fourth-order valence-electron chi connectivity index (χ4n) is 2.96. The molecule has 0 bridgehead atoms. The van der Waals surface area contributed by atoms with Gasteiger partial charge in [-0.15, -0.1) is 0 Å². The molecule has 1 fully saturated rings. The monoisotopic (exact) mass is 402 g/mol. The molecule has 3 N–H and O–H groups in total. The minimum atomic E-state index is -3.70. The van der Waals surface area contributed by atoms with Crippen molar-refractivity contribution in [1.29, 1.82) is 0 Å². The molecule has 0 aliphatic heterocycles. The van der Waals surface area contributed by atoms with Crippen LogP contribution < -0.4 is 10.0 Å². The van der Waals surface area contributed by atoms with Crippen LogP contribution in [0, 0.1) is 5.92 Å². The van der Waals surface area contributed by atoms with Crippen LogP contribution in [0.2, 0.25) is 0 Å². The molecule has 0 radical (unpaired) electrons. The molecule has 28 heavy (non-hydrogen) atoms. The standard InChI is InChI=1S/C19H19FN4O3S/c20-8-10-28(26,27)24-14-5-3-12(4-6-14)16-11-17(23-19(25)13-1-2-13)22-18-15(16)7-9-21-18/h3-7,9,11,13,24H,1-2,8,10H2,(H2,21,22,23,25). The molecule has 1 aliphatic carbocycles. The van der Waals surface area contributed by atoms with Crippen LogP contribution in [-0.4, -0.2) is 36.7 Å². The van der Waals surface area contributed by atoms with Crippen LogP contribution >= 0.6 is 0 Å². The maximum absolute atomic E-state index is 12.3. The van der Waals surface area contributed by atoms with E-state index in [1.807, 2.05) is 6.07 Å². The molecule has 146 valence electrons. The van der Waals surface area contributed by atoms with Crippen molar-refractivity contribution in [3.05, 3.63) is 42.6 Å². The summed E-state index contributed by atoms with van der Waals surface area (Å²) in [5, 5.41) is 3.74. The van der Waals surface area contributed by atoms with Gasteiger partial charge in [0.2, 0.25) is 15.9 Å². The summed E-state index contributed by atoms with van der Waals surface area (Å²) in [5.41, 5.74) is 2.70. The predicted octanol–water partition coefficient (Wildman–Crippen LogP) is 3.29. The smallest absolute Gasteiger partial charge is 0.235 e. The number of benzene rings is 1. The van der Waals surface area contributed by atoms with Crippen molar-refractivity contribution in [2.75, 3.05) is 22.5 Å². The molecule has 2 heterocycles. The first kappa shape index (κ1) is 18.4. The zero-order valence-electron chi connectivity index (χ0n) is 14.9. The number of sulfonamides is 1. The highest BCUT2D eigenvalue weighted by molar-refractivity contribution is 7.92. The third-order valence-corrected chi connectivity index (χ3v) is 5.78.